The molecule has 2 rings (SSSR count). The first kappa shape index (κ1) is 19.5. The van der Waals surface area contributed by atoms with E-state index in [0.717, 1.165) is 10.5 Å². The van der Waals surface area contributed by atoms with Gasteiger partial charge in [-0.25, -0.2) is 14.4 Å². The molecule has 0 N–H and O–H groups in total. The van der Waals surface area contributed by atoms with Gasteiger partial charge in [0.05, 0.1) is 12.7 Å². The first-order valence-electron chi connectivity index (χ1n) is 8.22. The van der Waals surface area contributed by atoms with E-state index in [0.29, 0.717) is 0 Å². The molecule has 0 aliphatic carbocycles. The minimum Gasteiger partial charge on any atom is -0.466 e. The molecule has 0 bridgehead atoms. The van der Waals surface area contributed by atoms with Crippen LogP contribution in [0.5, 0.6) is 0 Å². The van der Waals surface area contributed by atoms with E-state index >= 15 is 0 Å². The third-order valence-corrected chi connectivity index (χ3v) is 3.59. The molecule has 1 aromatic rings. The molecular weight excluding hydrogens is 338 g/mol. The van der Waals surface area contributed by atoms with Crippen molar-refractivity contribution in [2.75, 3.05) is 7.11 Å². The van der Waals surface area contributed by atoms with Gasteiger partial charge in [-0.2, -0.15) is 0 Å². The molecule has 0 spiro atoms. The molecule has 7 nitrogen and oxygen atoms in total. The molecule has 140 valence electrons. The molecule has 7 heteroatoms. The van der Waals surface area contributed by atoms with Gasteiger partial charge in [-0.15, -0.1) is 0 Å². The van der Waals surface area contributed by atoms with Crippen LogP contribution in [0, 0.1) is 0 Å². The van der Waals surface area contributed by atoms with Crippen molar-refractivity contribution in [2.24, 2.45) is 0 Å². The highest BCUT2D eigenvalue weighted by Gasteiger charge is 2.40. The van der Waals surface area contributed by atoms with Crippen LogP contribution in [0.3, 0.4) is 0 Å². The zero-order chi connectivity index (χ0) is 19.3. The Balaban J connectivity index is 2.13. The Morgan fingerprint density at radius 2 is 1.81 bits per heavy atom. The van der Waals surface area contributed by atoms with E-state index in [1.165, 1.54) is 13.3 Å². The highest BCUT2D eigenvalue weighted by Crippen LogP contribution is 2.26. The lowest BCUT2D eigenvalue weighted by molar-refractivity contribution is -0.159. The Hall–Kier alpha value is -2.83. The molecule has 0 fully saturated rings. The summed E-state index contributed by atoms with van der Waals surface area (Å²) in [4.78, 5) is 37.8. The molecule has 1 aliphatic heterocycles. The number of carbonyl (C=O) groups excluding carboxylic acids is 3. The molecular formula is C19H23NO6. The van der Waals surface area contributed by atoms with Crippen LogP contribution in [0.2, 0.25) is 0 Å². The summed E-state index contributed by atoms with van der Waals surface area (Å²) in [6.07, 6.45) is 0.569. The largest absolute Gasteiger partial charge is 0.466 e. The number of hydrogen-bond acceptors (Lipinski definition) is 6. The number of amides is 1. The molecule has 1 heterocycles. The van der Waals surface area contributed by atoms with Crippen molar-refractivity contribution < 1.29 is 28.6 Å². The summed E-state index contributed by atoms with van der Waals surface area (Å²) < 4.78 is 15.3. The van der Waals surface area contributed by atoms with E-state index in [9.17, 15) is 14.4 Å². The van der Waals surface area contributed by atoms with E-state index in [4.69, 9.17) is 9.47 Å². The Morgan fingerprint density at radius 1 is 1.15 bits per heavy atom. The van der Waals surface area contributed by atoms with E-state index in [1.807, 2.05) is 30.3 Å². The molecule has 1 unspecified atom stereocenters. The number of carbonyl (C=O) groups is 3. The normalized spacial score (nSPS) is 16.7. The summed E-state index contributed by atoms with van der Waals surface area (Å²) in [6, 6.07) is 8.19. The van der Waals surface area contributed by atoms with E-state index in [-0.39, 0.29) is 18.6 Å². The lowest BCUT2D eigenvalue weighted by Gasteiger charge is -2.26. The average molecular weight is 361 g/mol. The summed E-state index contributed by atoms with van der Waals surface area (Å²) in [5.74, 6) is -1.21. The molecule has 0 radical (unpaired) electrons. The summed E-state index contributed by atoms with van der Waals surface area (Å²) >= 11 is 0. The highest BCUT2D eigenvalue weighted by atomic mass is 16.6. The van der Waals surface area contributed by atoms with Gasteiger partial charge in [0.2, 0.25) is 0 Å². The van der Waals surface area contributed by atoms with E-state index in [2.05, 4.69) is 4.74 Å². The second-order valence-electron chi connectivity index (χ2n) is 6.85. The standard InChI is InChI=1S/C19H23NO6/c1-19(2,3)26-17(22)15-10-14(16(21)24-4)11-20(15)18(23)25-12-13-8-6-5-7-9-13/h5-9,11,15H,10,12H2,1-4H3. The molecule has 1 amide bonds. The fraction of sp³-hybridized carbons (Fsp3) is 0.421. The first-order chi connectivity index (χ1) is 12.2. The van der Waals surface area contributed by atoms with Crippen molar-refractivity contribution in [2.45, 2.75) is 45.4 Å². The number of hydrogen-bond donors (Lipinski definition) is 0. The SMILES string of the molecule is COC(=O)C1=CN(C(=O)OCc2ccccc2)C(C(=O)OC(C)(C)C)C1. The Morgan fingerprint density at radius 3 is 2.38 bits per heavy atom. The van der Waals surface area contributed by atoms with Gasteiger partial charge in [0.1, 0.15) is 18.2 Å². The van der Waals surface area contributed by atoms with Gasteiger partial charge in [-0.1, -0.05) is 30.3 Å². The van der Waals surface area contributed by atoms with Crippen LogP contribution >= 0.6 is 0 Å². The maximum absolute atomic E-state index is 12.5. The maximum Gasteiger partial charge on any atom is 0.414 e. The van der Waals surface area contributed by atoms with Gasteiger partial charge >= 0.3 is 18.0 Å². The number of benzene rings is 1. The van der Waals surface area contributed by atoms with Crippen LogP contribution in [0.25, 0.3) is 0 Å². The van der Waals surface area contributed by atoms with Gasteiger partial charge in [-0.05, 0) is 26.3 Å². The quantitative estimate of drug-likeness (QED) is 0.606. The average Bonchev–Trinajstić information content (AvgIpc) is 3.04. The van der Waals surface area contributed by atoms with Crippen molar-refractivity contribution >= 4 is 18.0 Å². The van der Waals surface area contributed by atoms with Crippen LogP contribution in [-0.2, 0) is 30.4 Å². The fourth-order valence-electron chi connectivity index (χ4n) is 2.42. The number of methoxy groups -OCH3 is 1. The molecule has 26 heavy (non-hydrogen) atoms. The Labute approximate surface area is 152 Å². The summed E-state index contributed by atoms with van der Waals surface area (Å²) in [5.41, 5.74) is 0.302. The monoisotopic (exact) mass is 361 g/mol. The maximum atomic E-state index is 12.5. The zero-order valence-corrected chi connectivity index (χ0v) is 15.4. The number of nitrogens with zero attached hydrogens (tertiary/aromatic N) is 1. The smallest absolute Gasteiger partial charge is 0.414 e. The van der Waals surface area contributed by atoms with E-state index < -0.39 is 29.7 Å². The van der Waals surface area contributed by atoms with Gasteiger partial charge in [0.15, 0.2) is 0 Å². The first-order valence-corrected chi connectivity index (χ1v) is 8.22. The molecule has 1 atom stereocenters. The van der Waals surface area contributed by atoms with Crippen LogP contribution in [-0.4, -0.2) is 41.7 Å². The number of ether oxygens (including phenoxy) is 3. The zero-order valence-electron chi connectivity index (χ0n) is 15.4. The van der Waals surface area contributed by atoms with Crippen LogP contribution in [0.4, 0.5) is 4.79 Å². The highest BCUT2D eigenvalue weighted by molar-refractivity contribution is 5.93. The molecule has 0 saturated heterocycles. The van der Waals surface area contributed by atoms with Crippen molar-refractivity contribution in [3.8, 4) is 0 Å². The second-order valence-corrected chi connectivity index (χ2v) is 6.85. The third kappa shape index (κ3) is 5.08. The Kier molecular flexibility index (Phi) is 6.02. The molecule has 0 saturated carbocycles. The molecule has 0 aromatic heterocycles. The second kappa shape index (κ2) is 8.03. The minimum absolute atomic E-state index is 0.0159. The predicted molar refractivity (Wildman–Crippen MR) is 92.8 cm³/mol. The van der Waals surface area contributed by atoms with Crippen molar-refractivity contribution in [3.05, 3.63) is 47.7 Å². The van der Waals surface area contributed by atoms with Crippen molar-refractivity contribution in [3.63, 3.8) is 0 Å². The summed E-state index contributed by atoms with van der Waals surface area (Å²) in [7, 11) is 1.24. The van der Waals surface area contributed by atoms with E-state index in [1.54, 1.807) is 20.8 Å². The summed E-state index contributed by atoms with van der Waals surface area (Å²) in [5, 5.41) is 0. The third-order valence-electron chi connectivity index (χ3n) is 3.59. The van der Waals surface area contributed by atoms with Crippen molar-refractivity contribution in [1.82, 2.24) is 4.90 Å². The van der Waals surface area contributed by atoms with Gasteiger partial charge in [-0.3, -0.25) is 4.90 Å². The topological polar surface area (TPSA) is 82.1 Å². The van der Waals surface area contributed by atoms with Gasteiger partial charge < -0.3 is 14.2 Å². The van der Waals surface area contributed by atoms with Crippen LogP contribution in [0.1, 0.15) is 32.8 Å². The molecule has 1 aliphatic rings. The number of rotatable bonds is 4. The minimum atomic E-state index is -0.966. The summed E-state index contributed by atoms with van der Waals surface area (Å²) in [6.45, 7) is 5.24. The van der Waals surface area contributed by atoms with Crippen molar-refractivity contribution in [1.29, 1.82) is 0 Å². The van der Waals surface area contributed by atoms with Gasteiger partial charge in [0, 0.05) is 12.6 Å². The lowest BCUT2D eigenvalue weighted by Crippen LogP contribution is -2.42. The lowest BCUT2D eigenvalue weighted by atomic mass is 10.1. The van der Waals surface area contributed by atoms with Gasteiger partial charge in [0.25, 0.3) is 0 Å². The number of esters is 2. The molecule has 1 aromatic carbocycles. The van der Waals surface area contributed by atoms with Crippen LogP contribution in [0.15, 0.2) is 42.1 Å². The fourth-order valence-corrected chi connectivity index (χ4v) is 2.42. The van der Waals surface area contributed by atoms with Crippen LogP contribution < -0.4 is 0 Å². The predicted octanol–water partition coefficient (Wildman–Crippen LogP) is 2.80. The Bertz CT molecular complexity index is 704.